The van der Waals surface area contributed by atoms with Crippen molar-refractivity contribution in [2.75, 3.05) is 31.1 Å². The lowest BCUT2D eigenvalue weighted by Crippen LogP contribution is -2.29. The molecule has 1 atom stereocenters. The summed E-state index contributed by atoms with van der Waals surface area (Å²) in [7, 11) is 0. The highest BCUT2D eigenvalue weighted by atomic mass is 15.2. The average molecular weight is 319 g/mol. The molecule has 2 aliphatic heterocycles. The first kappa shape index (κ1) is 14.0. The SMILES string of the molecule is c1cc(-c2cnc3[nH]ccc3n2)cc(N2CCC3(CCNC3)C2)c1. The number of aromatic nitrogens is 3. The smallest absolute Gasteiger partial charge is 0.156 e. The Hall–Kier alpha value is -2.40. The zero-order chi connectivity index (χ0) is 16.0. The molecular formula is C19H21N5. The first-order valence-corrected chi connectivity index (χ1v) is 8.68. The van der Waals surface area contributed by atoms with Crippen LogP contribution in [0, 0.1) is 5.41 Å². The van der Waals surface area contributed by atoms with E-state index in [1.165, 1.54) is 31.6 Å². The Morgan fingerprint density at radius 1 is 1.17 bits per heavy atom. The van der Waals surface area contributed by atoms with E-state index < -0.39 is 0 Å². The van der Waals surface area contributed by atoms with Crippen molar-refractivity contribution >= 4 is 16.9 Å². The summed E-state index contributed by atoms with van der Waals surface area (Å²) in [6.45, 7) is 4.64. The summed E-state index contributed by atoms with van der Waals surface area (Å²) in [4.78, 5) is 14.8. The van der Waals surface area contributed by atoms with Crippen molar-refractivity contribution in [3.05, 3.63) is 42.7 Å². The van der Waals surface area contributed by atoms with Gasteiger partial charge in [-0.25, -0.2) is 9.97 Å². The van der Waals surface area contributed by atoms with Crippen LogP contribution in [0.4, 0.5) is 5.69 Å². The van der Waals surface area contributed by atoms with Gasteiger partial charge in [0.15, 0.2) is 5.65 Å². The number of fused-ring (bicyclic) bond motifs is 1. The lowest BCUT2D eigenvalue weighted by molar-refractivity contribution is 0.369. The molecule has 1 unspecified atom stereocenters. The number of anilines is 1. The summed E-state index contributed by atoms with van der Waals surface area (Å²) < 4.78 is 0. The van der Waals surface area contributed by atoms with Gasteiger partial charge in [0, 0.05) is 42.5 Å². The number of rotatable bonds is 2. The molecule has 2 saturated heterocycles. The second-order valence-corrected chi connectivity index (χ2v) is 7.12. The zero-order valence-electron chi connectivity index (χ0n) is 13.6. The Labute approximate surface area is 141 Å². The molecule has 2 aliphatic rings. The second-order valence-electron chi connectivity index (χ2n) is 7.12. The van der Waals surface area contributed by atoms with E-state index in [-0.39, 0.29) is 0 Å². The van der Waals surface area contributed by atoms with Gasteiger partial charge in [-0.2, -0.15) is 0 Å². The summed E-state index contributed by atoms with van der Waals surface area (Å²) in [6.07, 6.45) is 6.33. The Balaban J connectivity index is 1.45. The minimum absolute atomic E-state index is 0.486. The molecule has 2 fully saturated rings. The van der Waals surface area contributed by atoms with Crippen LogP contribution in [0.3, 0.4) is 0 Å². The van der Waals surface area contributed by atoms with E-state index in [0.29, 0.717) is 5.41 Å². The molecule has 1 spiro atoms. The average Bonchev–Trinajstić information content (AvgIpc) is 3.36. The molecule has 2 N–H and O–H groups in total. The molecule has 0 amide bonds. The third-order valence-corrected chi connectivity index (χ3v) is 5.54. The van der Waals surface area contributed by atoms with Crippen molar-refractivity contribution in [1.29, 1.82) is 0 Å². The first-order valence-electron chi connectivity index (χ1n) is 8.68. The highest BCUT2D eigenvalue weighted by molar-refractivity contribution is 5.75. The molecule has 0 aliphatic carbocycles. The summed E-state index contributed by atoms with van der Waals surface area (Å²) >= 11 is 0. The maximum atomic E-state index is 4.72. The third kappa shape index (κ3) is 2.27. The van der Waals surface area contributed by atoms with E-state index in [0.717, 1.165) is 35.5 Å². The minimum atomic E-state index is 0.486. The monoisotopic (exact) mass is 319 g/mol. The third-order valence-electron chi connectivity index (χ3n) is 5.54. The molecule has 1 aromatic carbocycles. The van der Waals surface area contributed by atoms with Crippen LogP contribution in [-0.4, -0.2) is 41.1 Å². The summed E-state index contributed by atoms with van der Waals surface area (Å²) in [5, 5.41) is 3.53. The van der Waals surface area contributed by atoms with Crippen LogP contribution >= 0.6 is 0 Å². The van der Waals surface area contributed by atoms with Gasteiger partial charge in [-0.3, -0.25) is 0 Å². The Morgan fingerprint density at radius 2 is 2.17 bits per heavy atom. The maximum Gasteiger partial charge on any atom is 0.156 e. The van der Waals surface area contributed by atoms with E-state index >= 15 is 0 Å². The highest BCUT2D eigenvalue weighted by Gasteiger charge is 2.40. The van der Waals surface area contributed by atoms with Gasteiger partial charge < -0.3 is 15.2 Å². The van der Waals surface area contributed by atoms with E-state index in [1.807, 2.05) is 18.5 Å². The van der Waals surface area contributed by atoms with Crippen LogP contribution in [-0.2, 0) is 0 Å². The van der Waals surface area contributed by atoms with Crippen molar-refractivity contribution in [2.45, 2.75) is 12.8 Å². The normalized spacial score (nSPS) is 23.6. The number of nitrogens with zero attached hydrogens (tertiary/aromatic N) is 3. The Morgan fingerprint density at radius 3 is 3.08 bits per heavy atom. The molecule has 24 heavy (non-hydrogen) atoms. The van der Waals surface area contributed by atoms with Crippen molar-refractivity contribution in [2.24, 2.45) is 5.41 Å². The Bertz CT molecular complexity index is 878. The van der Waals surface area contributed by atoms with Crippen LogP contribution in [0.2, 0.25) is 0 Å². The van der Waals surface area contributed by atoms with Gasteiger partial charge in [0.2, 0.25) is 0 Å². The van der Waals surface area contributed by atoms with Crippen LogP contribution in [0.1, 0.15) is 12.8 Å². The molecule has 122 valence electrons. The molecule has 0 saturated carbocycles. The molecule has 5 rings (SSSR count). The molecule has 3 aromatic rings. The number of benzene rings is 1. The highest BCUT2D eigenvalue weighted by Crippen LogP contribution is 2.38. The second kappa shape index (κ2) is 5.31. The van der Waals surface area contributed by atoms with E-state index in [1.54, 1.807) is 0 Å². The lowest BCUT2D eigenvalue weighted by Gasteiger charge is -2.24. The zero-order valence-corrected chi connectivity index (χ0v) is 13.6. The number of aromatic amines is 1. The summed E-state index contributed by atoms with van der Waals surface area (Å²) in [6, 6.07) is 10.7. The minimum Gasteiger partial charge on any atom is -0.371 e. The standard InChI is InChI=1S/C19H21N5/c1-2-14(17-11-22-18-16(23-17)4-7-21-18)10-15(3-1)24-9-6-19(13-24)5-8-20-12-19/h1-4,7,10-11,20H,5-6,8-9,12-13H2,(H,21,22). The van der Waals surface area contributed by atoms with Gasteiger partial charge in [-0.1, -0.05) is 12.1 Å². The van der Waals surface area contributed by atoms with E-state index in [2.05, 4.69) is 44.5 Å². The fourth-order valence-corrected chi connectivity index (χ4v) is 4.13. The molecule has 5 nitrogen and oxygen atoms in total. The quantitative estimate of drug-likeness (QED) is 0.762. The largest absolute Gasteiger partial charge is 0.371 e. The number of hydrogen-bond donors (Lipinski definition) is 2. The van der Waals surface area contributed by atoms with Crippen molar-refractivity contribution < 1.29 is 0 Å². The van der Waals surface area contributed by atoms with Crippen LogP contribution in [0.25, 0.3) is 22.4 Å². The number of H-pyrrole nitrogens is 1. The lowest BCUT2D eigenvalue weighted by atomic mass is 9.86. The molecule has 5 heteroatoms. The van der Waals surface area contributed by atoms with Gasteiger partial charge in [-0.05, 0) is 37.6 Å². The maximum absolute atomic E-state index is 4.72. The van der Waals surface area contributed by atoms with Gasteiger partial charge in [-0.15, -0.1) is 0 Å². The molecule has 0 bridgehead atoms. The van der Waals surface area contributed by atoms with Gasteiger partial charge in [0.1, 0.15) is 5.52 Å². The number of hydrogen-bond acceptors (Lipinski definition) is 4. The van der Waals surface area contributed by atoms with Crippen LogP contribution < -0.4 is 10.2 Å². The van der Waals surface area contributed by atoms with Crippen molar-refractivity contribution in [1.82, 2.24) is 20.3 Å². The van der Waals surface area contributed by atoms with Crippen molar-refractivity contribution in [3.8, 4) is 11.3 Å². The summed E-state index contributed by atoms with van der Waals surface area (Å²) in [5.41, 5.74) is 5.60. The predicted octanol–water partition coefficient (Wildman–Crippen LogP) is 2.81. The summed E-state index contributed by atoms with van der Waals surface area (Å²) in [5.74, 6) is 0. The topological polar surface area (TPSA) is 56.8 Å². The molecule has 2 aromatic heterocycles. The van der Waals surface area contributed by atoms with E-state index in [4.69, 9.17) is 4.98 Å². The fraction of sp³-hybridized carbons (Fsp3) is 0.368. The molecule has 4 heterocycles. The number of nitrogens with one attached hydrogen (secondary N) is 2. The van der Waals surface area contributed by atoms with Crippen LogP contribution in [0.5, 0.6) is 0 Å². The van der Waals surface area contributed by atoms with Gasteiger partial charge in [0.25, 0.3) is 0 Å². The van der Waals surface area contributed by atoms with Crippen LogP contribution in [0.15, 0.2) is 42.7 Å². The van der Waals surface area contributed by atoms with Crippen molar-refractivity contribution in [3.63, 3.8) is 0 Å². The van der Waals surface area contributed by atoms with E-state index in [9.17, 15) is 0 Å². The molecular weight excluding hydrogens is 298 g/mol. The Kier molecular flexibility index (Phi) is 3.10. The van der Waals surface area contributed by atoms with Gasteiger partial charge in [0.05, 0.1) is 11.9 Å². The predicted molar refractivity (Wildman–Crippen MR) is 96.1 cm³/mol. The molecule has 0 radical (unpaired) electrons. The van der Waals surface area contributed by atoms with Gasteiger partial charge >= 0.3 is 0 Å². The fourth-order valence-electron chi connectivity index (χ4n) is 4.13. The first-order chi connectivity index (χ1) is 11.8.